The average Bonchev–Trinajstić information content (AvgIpc) is 2.66. The summed E-state index contributed by atoms with van der Waals surface area (Å²) in [7, 11) is 0.181. The third-order valence-electron chi connectivity index (χ3n) is 6.14. The molecule has 0 saturated heterocycles. The third-order valence-corrected chi connectivity index (χ3v) is 8.62. The summed E-state index contributed by atoms with van der Waals surface area (Å²) in [5, 5.41) is 0. The maximum absolute atomic E-state index is 2.41. The van der Waals surface area contributed by atoms with E-state index >= 15 is 0 Å². The predicted octanol–water partition coefficient (Wildman–Crippen LogP) is 7.90. The van der Waals surface area contributed by atoms with Crippen molar-refractivity contribution in [3.05, 3.63) is 59.7 Å². The van der Waals surface area contributed by atoms with Crippen LogP contribution < -0.4 is 0 Å². The van der Waals surface area contributed by atoms with E-state index in [0.717, 1.165) is 5.92 Å². The van der Waals surface area contributed by atoms with Crippen LogP contribution in [0.2, 0.25) is 0 Å². The van der Waals surface area contributed by atoms with E-state index in [1.165, 1.54) is 58.8 Å². The minimum absolute atomic E-state index is 0.181. The molecule has 0 amide bonds. The van der Waals surface area contributed by atoms with E-state index in [2.05, 4.69) is 90.1 Å². The molecule has 1 aliphatic rings. The minimum atomic E-state index is 0.181. The summed E-state index contributed by atoms with van der Waals surface area (Å²) in [6.07, 6.45) is 7.12. The van der Waals surface area contributed by atoms with Gasteiger partial charge in [-0.3, -0.25) is 0 Å². The second-order valence-electron chi connectivity index (χ2n) is 10.6. The summed E-state index contributed by atoms with van der Waals surface area (Å²) >= 11 is 0. The molecule has 0 unspecified atom stereocenters. The molecule has 0 N–H and O–H groups in total. The summed E-state index contributed by atoms with van der Waals surface area (Å²) < 4.78 is 0. The molecule has 0 aromatic heterocycles. The first kappa shape index (κ1) is 21.5. The van der Waals surface area contributed by atoms with E-state index in [1.807, 2.05) is 0 Å². The Bertz CT molecular complexity index is 677. The summed E-state index contributed by atoms with van der Waals surface area (Å²) in [4.78, 5) is 3.03. The highest BCUT2D eigenvalue weighted by atomic mass is 32.2. The van der Waals surface area contributed by atoms with Gasteiger partial charge in [0, 0.05) is 5.92 Å². The smallest absolute Gasteiger partial charge is 0.0561 e. The second-order valence-corrected chi connectivity index (χ2v) is 12.7. The van der Waals surface area contributed by atoms with E-state index < -0.39 is 0 Å². The van der Waals surface area contributed by atoms with E-state index in [0.29, 0.717) is 0 Å². The highest BCUT2D eigenvalue weighted by Crippen LogP contribution is 2.34. The average molecular weight is 396 g/mol. The molecule has 1 saturated carbocycles. The van der Waals surface area contributed by atoms with Gasteiger partial charge in [0.2, 0.25) is 0 Å². The Balaban J connectivity index is 1.90. The molecule has 1 aliphatic carbocycles. The third kappa shape index (κ3) is 5.44. The first-order valence-corrected chi connectivity index (χ1v) is 12.5. The van der Waals surface area contributed by atoms with Gasteiger partial charge in [0.1, 0.15) is 5.75 Å². The lowest BCUT2D eigenvalue weighted by Crippen LogP contribution is -2.20. The molecule has 2 aromatic rings. The first-order valence-electron chi connectivity index (χ1n) is 11.1. The lowest BCUT2D eigenvalue weighted by Gasteiger charge is -2.23. The molecule has 0 aliphatic heterocycles. The number of hydrogen-bond donors (Lipinski definition) is 0. The highest BCUT2D eigenvalue weighted by Gasteiger charge is 2.31. The SMILES string of the molecule is CC(C)(C)c1ccc([S+](CC2CCCCC2)c2ccc(C(C)(C)C)cc2)cc1. The monoisotopic (exact) mass is 395 g/mol. The van der Waals surface area contributed by atoms with Crippen LogP contribution >= 0.6 is 0 Å². The zero-order chi connectivity index (χ0) is 20.4. The van der Waals surface area contributed by atoms with Crippen LogP contribution in [-0.4, -0.2) is 5.75 Å². The van der Waals surface area contributed by atoms with Crippen molar-refractivity contribution in [1.82, 2.24) is 0 Å². The van der Waals surface area contributed by atoms with Crippen molar-refractivity contribution in [2.75, 3.05) is 5.75 Å². The van der Waals surface area contributed by atoms with Gasteiger partial charge >= 0.3 is 0 Å². The zero-order valence-corrected chi connectivity index (χ0v) is 19.7. The Hall–Kier alpha value is -1.21. The van der Waals surface area contributed by atoms with Gasteiger partial charge in [0.15, 0.2) is 9.79 Å². The van der Waals surface area contributed by atoms with Crippen molar-refractivity contribution in [3.63, 3.8) is 0 Å². The van der Waals surface area contributed by atoms with Crippen molar-refractivity contribution in [2.24, 2.45) is 5.92 Å². The largest absolute Gasteiger partial charge is 0.160 e. The van der Waals surface area contributed by atoms with Crippen LogP contribution in [0.4, 0.5) is 0 Å². The standard InChI is InChI=1S/C27H39S/c1-26(2,3)22-12-16-24(17-13-22)28(20-21-10-8-7-9-11-21)25-18-14-23(15-19-25)27(4,5)6/h12-19,21H,7-11,20H2,1-6H3/q+1. The van der Waals surface area contributed by atoms with Gasteiger partial charge < -0.3 is 0 Å². The van der Waals surface area contributed by atoms with Crippen molar-refractivity contribution in [3.8, 4) is 0 Å². The van der Waals surface area contributed by atoms with Crippen molar-refractivity contribution in [1.29, 1.82) is 0 Å². The molecule has 152 valence electrons. The molecule has 0 nitrogen and oxygen atoms in total. The summed E-state index contributed by atoms with van der Waals surface area (Å²) in [6.45, 7) is 13.8. The van der Waals surface area contributed by atoms with Crippen LogP contribution in [0.1, 0.15) is 84.8 Å². The first-order chi connectivity index (χ1) is 13.1. The fourth-order valence-corrected chi connectivity index (χ4v) is 6.55. The lowest BCUT2D eigenvalue weighted by atomic mass is 9.87. The van der Waals surface area contributed by atoms with Crippen LogP contribution in [-0.2, 0) is 21.7 Å². The molecule has 1 fully saturated rings. The van der Waals surface area contributed by atoms with Gasteiger partial charge in [-0.05, 0) is 59.1 Å². The van der Waals surface area contributed by atoms with Crippen LogP contribution in [0.3, 0.4) is 0 Å². The van der Waals surface area contributed by atoms with E-state index in [1.54, 1.807) is 0 Å². The fraction of sp³-hybridized carbons (Fsp3) is 0.556. The molecule has 2 aromatic carbocycles. The van der Waals surface area contributed by atoms with E-state index in [-0.39, 0.29) is 21.7 Å². The van der Waals surface area contributed by atoms with Crippen molar-refractivity contribution in [2.45, 2.75) is 94.3 Å². The summed E-state index contributed by atoms with van der Waals surface area (Å²) in [5.41, 5.74) is 3.30. The number of benzene rings is 2. The Morgan fingerprint density at radius 3 is 1.39 bits per heavy atom. The van der Waals surface area contributed by atoms with E-state index in [4.69, 9.17) is 0 Å². The summed E-state index contributed by atoms with van der Waals surface area (Å²) in [5.74, 6) is 2.21. The Morgan fingerprint density at radius 1 is 0.643 bits per heavy atom. The normalized spacial score (nSPS) is 16.5. The molecule has 0 radical (unpaired) electrons. The predicted molar refractivity (Wildman–Crippen MR) is 126 cm³/mol. The van der Waals surface area contributed by atoms with E-state index in [9.17, 15) is 0 Å². The zero-order valence-electron chi connectivity index (χ0n) is 18.8. The van der Waals surface area contributed by atoms with Gasteiger partial charge in [-0.25, -0.2) is 0 Å². The number of hydrogen-bond acceptors (Lipinski definition) is 0. The Labute approximate surface area is 176 Å². The second kappa shape index (κ2) is 8.66. The van der Waals surface area contributed by atoms with Gasteiger partial charge in [-0.1, -0.05) is 85.1 Å². The lowest BCUT2D eigenvalue weighted by molar-refractivity contribution is 0.390. The van der Waals surface area contributed by atoms with Gasteiger partial charge in [0.25, 0.3) is 0 Å². The molecule has 0 spiro atoms. The molecular weight excluding hydrogens is 356 g/mol. The maximum atomic E-state index is 2.41. The topological polar surface area (TPSA) is 0 Å². The molecular formula is C27H39S+. The maximum Gasteiger partial charge on any atom is 0.160 e. The Kier molecular flexibility index (Phi) is 6.65. The summed E-state index contributed by atoms with van der Waals surface area (Å²) in [6, 6.07) is 19.1. The highest BCUT2D eigenvalue weighted by molar-refractivity contribution is 7.97. The molecule has 1 heteroatoms. The molecule has 0 atom stereocenters. The molecule has 28 heavy (non-hydrogen) atoms. The van der Waals surface area contributed by atoms with Crippen molar-refractivity contribution < 1.29 is 0 Å². The van der Waals surface area contributed by atoms with Gasteiger partial charge in [0.05, 0.1) is 10.9 Å². The van der Waals surface area contributed by atoms with Crippen LogP contribution in [0.5, 0.6) is 0 Å². The molecule has 0 heterocycles. The Morgan fingerprint density at radius 2 is 1.04 bits per heavy atom. The van der Waals surface area contributed by atoms with Gasteiger partial charge in [-0.15, -0.1) is 0 Å². The van der Waals surface area contributed by atoms with Crippen molar-refractivity contribution >= 4 is 10.9 Å². The minimum Gasteiger partial charge on any atom is -0.0561 e. The fourth-order valence-electron chi connectivity index (χ4n) is 4.16. The van der Waals surface area contributed by atoms with Gasteiger partial charge in [-0.2, -0.15) is 0 Å². The quantitative estimate of drug-likeness (QED) is 0.461. The molecule has 0 bridgehead atoms. The van der Waals surface area contributed by atoms with Crippen LogP contribution in [0.25, 0.3) is 0 Å². The molecule has 3 rings (SSSR count). The number of rotatable bonds is 4. The van der Waals surface area contributed by atoms with Crippen LogP contribution in [0.15, 0.2) is 58.3 Å². The van der Waals surface area contributed by atoms with Crippen LogP contribution in [0, 0.1) is 5.92 Å².